The molecule has 0 N–H and O–H groups in total. The minimum Gasteiger partial charge on any atom is -0.462 e. The maximum Gasteiger partial charge on any atom is 0.306 e. The first kappa shape index (κ1) is 57.6. The standard InChI is InChI=1S/C55H92O6/c1-4-7-10-13-16-19-22-24-26-27-29-31-34-36-39-42-45-48-54(57)60-51-52(61-55(58)49-46-43-40-37-32-21-18-15-12-9-6-3)50-59-53(56)47-44-41-38-35-33-30-28-25-23-20-17-14-11-8-5-2/h15,17-18,20,24-26,28-29,31,33,35-36,39,52H,4-14,16,19,21-23,27,30,32,34,37-38,40-51H2,1-3H3/b18-15-,20-17-,26-24-,28-25-,31-29-,35-33-,39-36-/t52-/m1/s1. The number of esters is 3. The first-order chi connectivity index (χ1) is 30.0. The van der Waals surface area contributed by atoms with Crippen LogP contribution in [0.1, 0.15) is 226 Å². The average molecular weight is 849 g/mol. The SMILES string of the molecule is CCCC/C=C\CCCCCCCC(=O)O[C@@H](COC(=O)CCC/C=C\C/C=C\C/C=C\CCCCCCCC)COC(=O)CCCC/C=C\C/C=C\C/C=C\CCCCC. The number of ether oxygens (including phenoxy) is 3. The van der Waals surface area contributed by atoms with E-state index in [9.17, 15) is 14.4 Å². The van der Waals surface area contributed by atoms with Crippen LogP contribution in [0.3, 0.4) is 0 Å². The van der Waals surface area contributed by atoms with Crippen LogP contribution in [0.2, 0.25) is 0 Å². The molecule has 0 saturated carbocycles. The highest BCUT2D eigenvalue weighted by Gasteiger charge is 2.19. The molecule has 0 aliphatic heterocycles. The van der Waals surface area contributed by atoms with Gasteiger partial charge in [0.15, 0.2) is 6.10 Å². The Bertz CT molecular complexity index is 1200. The summed E-state index contributed by atoms with van der Waals surface area (Å²) >= 11 is 0. The van der Waals surface area contributed by atoms with E-state index >= 15 is 0 Å². The second kappa shape index (κ2) is 49.2. The third kappa shape index (κ3) is 47.5. The summed E-state index contributed by atoms with van der Waals surface area (Å²) in [5.41, 5.74) is 0. The van der Waals surface area contributed by atoms with Gasteiger partial charge in [-0.05, 0) is 109 Å². The molecule has 1 atom stereocenters. The number of unbranched alkanes of at least 4 members (excludes halogenated alkanes) is 19. The molecule has 0 bridgehead atoms. The first-order valence-electron chi connectivity index (χ1n) is 25.1. The molecule has 6 nitrogen and oxygen atoms in total. The van der Waals surface area contributed by atoms with Gasteiger partial charge in [-0.1, -0.05) is 183 Å². The van der Waals surface area contributed by atoms with Crippen molar-refractivity contribution >= 4 is 17.9 Å². The highest BCUT2D eigenvalue weighted by molar-refractivity contribution is 5.71. The fourth-order valence-electron chi connectivity index (χ4n) is 6.50. The third-order valence-electron chi connectivity index (χ3n) is 10.3. The van der Waals surface area contributed by atoms with E-state index in [2.05, 4.69) is 106 Å². The lowest BCUT2D eigenvalue weighted by atomic mass is 10.1. The lowest BCUT2D eigenvalue weighted by molar-refractivity contribution is -0.167. The van der Waals surface area contributed by atoms with E-state index in [-0.39, 0.29) is 37.5 Å². The smallest absolute Gasteiger partial charge is 0.306 e. The van der Waals surface area contributed by atoms with Crippen molar-refractivity contribution < 1.29 is 28.6 Å². The van der Waals surface area contributed by atoms with Gasteiger partial charge in [0.1, 0.15) is 13.2 Å². The Morgan fingerprint density at radius 1 is 0.328 bits per heavy atom. The Balaban J connectivity index is 4.51. The zero-order chi connectivity index (χ0) is 44.4. The van der Waals surface area contributed by atoms with Crippen LogP contribution >= 0.6 is 0 Å². The summed E-state index contributed by atoms with van der Waals surface area (Å²) in [6.07, 6.45) is 62.9. The van der Waals surface area contributed by atoms with Crippen molar-refractivity contribution in [2.45, 2.75) is 232 Å². The Kier molecular flexibility index (Phi) is 46.5. The van der Waals surface area contributed by atoms with E-state index in [1.807, 2.05) is 0 Å². The zero-order valence-electron chi connectivity index (χ0n) is 39.7. The third-order valence-corrected chi connectivity index (χ3v) is 10.3. The summed E-state index contributed by atoms with van der Waals surface area (Å²) in [7, 11) is 0. The molecule has 0 unspecified atom stereocenters. The van der Waals surface area contributed by atoms with Crippen LogP contribution in [0.4, 0.5) is 0 Å². The van der Waals surface area contributed by atoms with Crippen LogP contribution in [0.25, 0.3) is 0 Å². The lowest BCUT2D eigenvalue weighted by Gasteiger charge is -2.18. The Morgan fingerprint density at radius 2 is 0.623 bits per heavy atom. The second-order valence-electron chi connectivity index (χ2n) is 16.4. The quantitative estimate of drug-likeness (QED) is 0.0263. The topological polar surface area (TPSA) is 78.9 Å². The van der Waals surface area contributed by atoms with Crippen molar-refractivity contribution in [3.8, 4) is 0 Å². The molecule has 0 fully saturated rings. The first-order valence-corrected chi connectivity index (χ1v) is 25.1. The molecule has 0 heterocycles. The molecule has 0 aliphatic rings. The zero-order valence-corrected chi connectivity index (χ0v) is 39.7. The summed E-state index contributed by atoms with van der Waals surface area (Å²) < 4.78 is 16.7. The van der Waals surface area contributed by atoms with Gasteiger partial charge in [0.05, 0.1) is 0 Å². The van der Waals surface area contributed by atoms with Crippen molar-refractivity contribution in [2.75, 3.05) is 13.2 Å². The van der Waals surface area contributed by atoms with Crippen molar-refractivity contribution in [1.29, 1.82) is 0 Å². The van der Waals surface area contributed by atoms with E-state index in [4.69, 9.17) is 14.2 Å². The molecule has 0 aromatic carbocycles. The molecule has 0 spiro atoms. The maximum atomic E-state index is 12.7. The number of carbonyl (C=O) groups is 3. The van der Waals surface area contributed by atoms with Crippen molar-refractivity contribution in [3.05, 3.63) is 85.1 Å². The average Bonchev–Trinajstić information content (AvgIpc) is 3.26. The molecule has 0 aromatic heterocycles. The molecule has 0 radical (unpaired) electrons. The Morgan fingerprint density at radius 3 is 1.11 bits per heavy atom. The summed E-state index contributed by atoms with van der Waals surface area (Å²) in [6.45, 7) is 6.46. The second-order valence-corrected chi connectivity index (χ2v) is 16.4. The molecule has 348 valence electrons. The fraction of sp³-hybridized carbons (Fsp3) is 0.691. The molecule has 0 rings (SSSR count). The highest BCUT2D eigenvalue weighted by atomic mass is 16.6. The van der Waals surface area contributed by atoms with Crippen LogP contribution in [-0.2, 0) is 28.6 Å². The van der Waals surface area contributed by atoms with Gasteiger partial charge in [-0.2, -0.15) is 0 Å². The predicted octanol–water partition coefficient (Wildman–Crippen LogP) is 16.4. The Labute approximate surface area is 375 Å². The molecule has 6 heteroatoms. The maximum absolute atomic E-state index is 12.7. The summed E-state index contributed by atoms with van der Waals surface area (Å²) in [6, 6.07) is 0. The van der Waals surface area contributed by atoms with Gasteiger partial charge in [-0.15, -0.1) is 0 Å². The van der Waals surface area contributed by atoms with Gasteiger partial charge < -0.3 is 14.2 Å². The summed E-state index contributed by atoms with van der Waals surface area (Å²) in [5, 5.41) is 0. The predicted molar refractivity (Wildman–Crippen MR) is 261 cm³/mol. The van der Waals surface area contributed by atoms with Crippen LogP contribution in [0, 0.1) is 0 Å². The molecule has 0 amide bonds. The molecular formula is C55H92O6. The van der Waals surface area contributed by atoms with Crippen LogP contribution in [0.15, 0.2) is 85.1 Å². The van der Waals surface area contributed by atoms with Gasteiger partial charge in [0, 0.05) is 19.3 Å². The highest BCUT2D eigenvalue weighted by Crippen LogP contribution is 2.12. The van der Waals surface area contributed by atoms with E-state index in [1.165, 1.54) is 96.3 Å². The molecule has 0 aromatic rings. The number of hydrogen-bond acceptors (Lipinski definition) is 6. The minimum atomic E-state index is -0.815. The monoisotopic (exact) mass is 849 g/mol. The van der Waals surface area contributed by atoms with E-state index < -0.39 is 6.10 Å². The van der Waals surface area contributed by atoms with Crippen LogP contribution in [-0.4, -0.2) is 37.2 Å². The largest absolute Gasteiger partial charge is 0.462 e. The lowest BCUT2D eigenvalue weighted by Crippen LogP contribution is -2.30. The van der Waals surface area contributed by atoms with E-state index in [0.717, 1.165) is 83.5 Å². The van der Waals surface area contributed by atoms with E-state index in [1.54, 1.807) is 0 Å². The van der Waals surface area contributed by atoms with Crippen LogP contribution < -0.4 is 0 Å². The van der Waals surface area contributed by atoms with Crippen molar-refractivity contribution in [2.24, 2.45) is 0 Å². The minimum absolute atomic E-state index is 0.116. The van der Waals surface area contributed by atoms with Gasteiger partial charge in [-0.3, -0.25) is 14.4 Å². The molecular weight excluding hydrogens is 757 g/mol. The van der Waals surface area contributed by atoms with Gasteiger partial charge in [0.2, 0.25) is 0 Å². The number of rotatable bonds is 44. The van der Waals surface area contributed by atoms with Gasteiger partial charge in [0.25, 0.3) is 0 Å². The summed E-state index contributed by atoms with van der Waals surface area (Å²) in [5.74, 6) is -1.02. The number of carbonyl (C=O) groups excluding carboxylic acids is 3. The molecule has 61 heavy (non-hydrogen) atoms. The molecule has 0 saturated heterocycles. The normalized spacial score (nSPS) is 12.8. The number of hydrogen-bond donors (Lipinski definition) is 0. The van der Waals surface area contributed by atoms with Gasteiger partial charge >= 0.3 is 17.9 Å². The van der Waals surface area contributed by atoms with Gasteiger partial charge in [-0.25, -0.2) is 0 Å². The molecule has 0 aliphatic carbocycles. The fourth-order valence-corrected chi connectivity index (χ4v) is 6.50. The van der Waals surface area contributed by atoms with Crippen LogP contribution in [0.5, 0.6) is 0 Å². The number of allylic oxidation sites excluding steroid dienone is 14. The van der Waals surface area contributed by atoms with E-state index in [0.29, 0.717) is 19.3 Å². The van der Waals surface area contributed by atoms with Crippen molar-refractivity contribution in [1.82, 2.24) is 0 Å². The van der Waals surface area contributed by atoms with Crippen molar-refractivity contribution in [3.63, 3.8) is 0 Å². The summed E-state index contributed by atoms with van der Waals surface area (Å²) in [4.78, 5) is 37.8. The Hall–Kier alpha value is -3.41.